The molecule has 0 unspecified atom stereocenters. The van der Waals surface area contributed by atoms with E-state index in [4.69, 9.17) is 0 Å². The third-order valence-electron chi connectivity index (χ3n) is 4.35. The molecule has 1 saturated heterocycles. The van der Waals surface area contributed by atoms with Crippen LogP contribution in [0, 0.1) is 0 Å². The van der Waals surface area contributed by atoms with E-state index in [1.807, 2.05) is 0 Å². The summed E-state index contributed by atoms with van der Waals surface area (Å²) in [6.45, 7) is 3.93. The van der Waals surface area contributed by atoms with Crippen molar-refractivity contribution >= 4 is 11.8 Å². The molecule has 16 heavy (non-hydrogen) atoms. The molecular formula is C13H26N2S. The summed E-state index contributed by atoms with van der Waals surface area (Å²) in [5.41, 5.74) is 0.475. The minimum atomic E-state index is 0.475. The number of hydrogen-bond donors (Lipinski definition) is 1. The van der Waals surface area contributed by atoms with Gasteiger partial charge >= 0.3 is 0 Å². The highest BCUT2D eigenvalue weighted by atomic mass is 32.2. The van der Waals surface area contributed by atoms with E-state index in [9.17, 15) is 0 Å². The van der Waals surface area contributed by atoms with Crippen LogP contribution in [0.15, 0.2) is 0 Å². The Hall–Kier alpha value is 0.270. The highest BCUT2D eigenvalue weighted by molar-refractivity contribution is 7.99. The Morgan fingerprint density at radius 1 is 1.12 bits per heavy atom. The van der Waals surface area contributed by atoms with E-state index in [1.54, 1.807) is 0 Å². The molecule has 2 nitrogen and oxygen atoms in total. The van der Waals surface area contributed by atoms with E-state index in [-0.39, 0.29) is 0 Å². The predicted molar refractivity (Wildman–Crippen MR) is 73.3 cm³/mol. The van der Waals surface area contributed by atoms with Crippen molar-refractivity contribution in [1.82, 2.24) is 10.2 Å². The molecule has 0 bridgehead atoms. The Bertz CT molecular complexity index is 196. The largest absolute Gasteiger partial charge is 0.314 e. The molecule has 1 saturated carbocycles. The molecule has 0 spiro atoms. The Morgan fingerprint density at radius 2 is 1.81 bits per heavy atom. The molecule has 1 N–H and O–H groups in total. The average molecular weight is 242 g/mol. The van der Waals surface area contributed by atoms with E-state index in [1.165, 1.54) is 69.7 Å². The first-order chi connectivity index (χ1) is 7.85. The first kappa shape index (κ1) is 12.7. The van der Waals surface area contributed by atoms with Gasteiger partial charge in [0.15, 0.2) is 0 Å². The smallest absolute Gasteiger partial charge is 0.0190 e. The molecule has 0 amide bonds. The zero-order valence-electron chi connectivity index (χ0n) is 10.6. The quantitative estimate of drug-likeness (QED) is 0.815. The molecule has 2 aliphatic rings. The van der Waals surface area contributed by atoms with Crippen LogP contribution in [-0.2, 0) is 0 Å². The minimum Gasteiger partial charge on any atom is -0.314 e. The summed E-state index contributed by atoms with van der Waals surface area (Å²) in [7, 11) is 2.16. The van der Waals surface area contributed by atoms with Crippen LogP contribution in [0.2, 0.25) is 0 Å². The van der Waals surface area contributed by atoms with Gasteiger partial charge in [0.25, 0.3) is 0 Å². The van der Waals surface area contributed by atoms with Crippen molar-refractivity contribution < 1.29 is 0 Å². The van der Waals surface area contributed by atoms with Crippen LogP contribution < -0.4 is 5.32 Å². The van der Waals surface area contributed by atoms with Gasteiger partial charge in [-0.25, -0.2) is 0 Å². The Kier molecular flexibility index (Phi) is 4.98. The van der Waals surface area contributed by atoms with Gasteiger partial charge < -0.3 is 10.2 Å². The van der Waals surface area contributed by atoms with Crippen molar-refractivity contribution in [3.05, 3.63) is 0 Å². The molecule has 0 aromatic rings. The Balaban J connectivity index is 1.77. The van der Waals surface area contributed by atoms with Gasteiger partial charge in [0.2, 0.25) is 0 Å². The molecule has 0 aromatic carbocycles. The predicted octanol–water partition coefficient (Wildman–Crippen LogP) is 2.35. The fraction of sp³-hybridized carbons (Fsp3) is 1.00. The van der Waals surface area contributed by atoms with Crippen molar-refractivity contribution in [2.75, 3.05) is 38.2 Å². The van der Waals surface area contributed by atoms with E-state index < -0.39 is 0 Å². The molecule has 2 fully saturated rings. The van der Waals surface area contributed by atoms with Gasteiger partial charge in [0.05, 0.1) is 0 Å². The third-order valence-corrected chi connectivity index (χ3v) is 5.29. The highest BCUT2D eigenvalue weighted by Gasteiger charge is 2.30. The summed E-state index contributed by atoms with van der Waals surface area (Å²) in [6.07, 6.45) is 8.45. The molecule has 3 heteroatoms. The molecular weight excluding hydrogens is 216 g/mol. The van der Waals surface area contributed by atoms with Crippen LogP contribution in [0.4, 0.5) is 0 Å². The molecule has 94 valence electrons. The van der Waals surface area contributed by atoms with E-state index >= 15 is 0 Å². The number of nitrogens with one attached hydrogen (secondary N) is 1. The lowest BCUT2D eigenvalue weighted by atomic mass is 9.79. The maximum atomic E-state index is 3.63. The Morgan fingerprint density at radius 3 is 2.44 bits per heavy atom. The zero-order chi connectivity index (χ0) is 11.3. The molecule has 0 aromatic heterocycles. The van der Waals surface area contributed by atoms with Crippen molar-refractivity contribution in [3.63, 3.8) is 0 Å². The van der Waals surface area contributed by atoms with Gasteiger partial charge in [-0.1, -0.05) is 19.3 Å². The van der Waals surface area contributed by atoms with Crippen LogP contribution in [0.5, 0.6) is 0 Å². The molecule has 2 rings (SSSR count). The first-order valence-electron chi connectivity index (χ1n) is 6.84. The van der Waals surface area contributed by atoms with E-state index in [2.05, 4.69) is 29.0 Å². The monoisotopic (exact) mass is 242 g/mol. The van der Waals surface area contributed by atoms with Gasteiger partial charge in [-0.05, 0) is 32.9 Å². The molecule has 0 radical (unpaired) electrons. The summed E-state index contributed by atoms with van der Waals surface area (Å²) >= 11 is 2.11. The number of hydrogen-bond acceptors (Lipinski definition) is 3. The van der Waals surface area contributed by atoms with Crippen molar-refractivity contribution in [3.8, 4) is 0 Å². The summed E-state index contributed by atoms with van der Waals surface area (Å²) in [5, 5.41) is 3.63. The van der Waals surface area contributed by atoms with Crippen molar-refractivity contribution in [1.29, 1.82) is 0 Å². The van der Waals surface area contributed by atoms with Gasteiger partial charge in [0, 0.05) is 30.1 Å². The van der Waals surface area contributed by atoms with Gasteiger partial charge in [-0.15, -0.1) is 0 Å². The summed E-state index contributed by atoms with van der Waals surface area (Å²) in [6, 6.07) is 0. The molecule has 0 atom stereocenters. The maximum Gasteiger partial charge on any atom is 0.0190 e. The van der Waals surface area contributed by atoms with Crippen molar-refractivity contribution in [2.24, 2.45) is 0 Å². The standard InChI is InChI=1S/C13H26N2S/c1-14-13(5-3-2-4-6-13)7-8-15-9-11-16-12-10-15/h14H,2-12H2,1H3. The third kappa shape index (κ3) is 3.38. The molecule has 1 heterocycles. The van der Waals surface area contributed by atoms with Crippen LogP contribution in [0.1, 0.15) is 38.5 Å². The Labute approximate surface area is 105 Å². The SMILES string of the molecule is CNC1(CCN2CCSCC2)CCCCC1. The number of thioether (sulfide) groups is 1. The highest BCUT2D eigenvalue weighted by Crippen LogP contribution is 2.31. The number of rotatable bonds is 4. The topological polar surface area (TPSA) is 15.3 Å². The average Bonchev–Trinajstić information content (AvgIpc) is 2.39. The van der Waals surface area contributed by atoms with Gasteiger partial charge in [0.1, 0.15) is 0 Å². The zero-order valence-corrected chi connectivity index (χ0v) is 11.5. The van der Waals surface area contributed by atoms with Crippen LogP contribution in [-0.4, -0.2) is 48.6 Å². The molecule has 1 aliphatic heterocycles. The van der Waals surface area contributed by atoms with Crippen LogP contribution in [0.3, 0.4) is 0 Å². The second-order valence-electron chi connectivity index (χ2n) is 5.30. The van der Waals surface area contributed by atoms with E-state index in [0.29, 0.717) is 5.54 Å². The van der Waals surface area contributed by atoms with Crippen molar-refractivity contribution in [2.45, 2.75) is 44.1 Å². The fourth-order valence-corrected chi connectivity index (χ4v) is 4.03. The molecule has 1 aliphatic carbocycles. The normalized spacial score (nSPS) is 26.8. The lowest BCUT2D eigenvalue weighted by Gasteiger charge is -2.39. The number of nitrogens with zero attached hydrogens (tertiary/aromatic N) is 1. The maximum absolute atomic E-state index is 3.63. The summed E-state index contributed by atoms with van der Waals surface area (Å²) in [4.78, 5) is 2.66. The van der Waals surface area contributed by atoms with E-state index in [0.717, 1.165) is 0 Å². The second kappa shape index (κ2) is 6.27. The fourth-order valence-electron chi connectivity index (χ4n) is 3.05. The lowest BCUT2D eigenvalue weighted by molar-refractivity contribution is 0.189. The lowest BCUT2D eigenvalue weighted by Crippen LogP contribution is -2.47. The van der Waals surface area contributed by atoms with Gasteiger partial charge in [-0.2, -0.15) is 11.8 Å². The van der Waals surface area contributed by atoms with Gasteiger partial charge in [-0.3, -0.25) is 0 Å². The summed E-state index contributed by atoms with van der Waals surface area (Å²) in [5.74, 6) is 2.68. The van der Waals surface area contributed by atoms with Crippen LogP contribution in [0.25, 0.3) is 0 Å². The van der Waals surface area contributed by atoms with Crippen LogP contribution >= 0.6 is 11.8 Å². The summed E-state index contributed by atoms with van der Waals surface area (Å²) < 4.78 is 0. The second-order valence-corrected chi connectivity index (χ2v) is 6.52. The first-order valence-corrected chi connectivity index (χ1v) is 7.99. The minimum absolute atomic E-state index is 0.475.